The minimum absolute atomic E-state index is 0.551. The minimum Gasteiger partial charge on any atom is -0.493 e. The van der Waals surface area contributed by atoms with E-state index >= 15 is 0 Å². The van der Waals surface area contributed by atoms with Crippen molar-refractivity contribution in [3.63, 3.8) is 0 Å². The van der Waals surface area contributed by atoms with Crippen molar-refractivity contribution in [2.45, 2.75) is 20.3 Å². The van der Waals surface area contributed by atoms with Crippen molar-refractivity contribution in [2.24, 2.45) is 4.99 Å². The van der Waals surface area contributed by atoms with Crippen LogP contribution < -0.4 is 34.3 Å². The predicted molar refractivity (Wildman–Crippen MR) is 124 cm³/mol. The number of nitrogens with zero attached hydrogens (tertiary/aromatic N) is 1. The summed E-state index contributed by atoms with van der Waals surface area (Å²) < 4.78 is 27.4. The van der Waals surface area contributed by atoms with Crippen molar-refractivity contribution < 1.29 is 23.7 Å². The Labute approximate surface area is 184 Å². The van der Waals surface area contributed by atoms with Crippen LogP contribution in [0, 0.1) is 0 Å². The molecule has 0 unspecified atom stereocenters. The van der Waals surface area contributed by atoms with Gasteiger partial charge in [0, 0.05) is 30.4 Å². The van der Waals surface area contributed by atoms with Gasteiger partial charge < -0.3 is 34.3 Å². The van der Waals surface area contributed by atoms with Gasteiger partial charge in [-0.25, -0.2) is 0 Å². The molecule has 0 radical (unpaired) electrons. The molecule has 2 N–H and O–H groups in total. The fraction of sp³-hybridized carbons (Fsp3) is 0.435. The topological polar surface area (TPSA) is 82.6 Å². The number of nitrogens with one attached hydrogen (secondary N) is 2. The van der Waals surface area contributed by atoms with E-state index in [1.165, 1.54) is 0 Å². The van der Waals surface area contributed by atoms with Gasteiger partial charge in [0.25, 0.3) is 0 Å². The van der Waals surface area contributed by atoms with Crippen LogP contribution in [-0.4, -0.2) is 54.1 Å². The molecule has 2 rings (SSSR count). The highest BCUT2D eigenvalue weighted by molar-refractivity contribution is 5.93. The van der Waals surface area contributed by atoms with Crippen molar-refractivity contribution in [1.82, 2.24) is 5.32 Å². The summed E-state index contributed by atoms with van der Waals surface area (Å²) in [5.74, 6) is 3.92. The predicted octanol–water partition coefficient (Wildman–Crippen LogP) is 3.74. The average molecular weight is 432 g/mol. The largest absolute Gasteiger partial charge is 0.493 e. The number of anilines is 1. The van der Waals surface area contributed by atoms with Crippen LogP contribution in [0.3, 0.4) is 0 Å². The van der Waals surface area contributed by atoms with Crippen molar-refractivity contribution in [2.75, 3.05) is 53.5 Å². The molecule has 0 aliphatic rings. The molecule has 0 spiro atoms. The molecule has 0 aliphatic heterocycles. The molecular formula is C23H33N3O5. The number of methoxy groups -OCH3 is 4. The summed E-state index contributed by atoms with van der Waals surface area (Å²) >= 11 is 0. The van der Waals surface area contributed by atoms with E-state index in [9.17, 15) is 0 Å². The summed E-state index contributed by atoms with van der Waals surface area (Å²) in [7, 11) is 6.44. The Hall–Kier alpha value is -3.29. The number of ether oxygens (including phenoxy) is 5. The summed E-state index contributed by atoms with van der Waals surface area (Å²) in [5, 5.41) is 6.56. The molecule has 0 amide bonds. The summed E-state index contributed by atoms with van der Waals surface area (Å²) in [6.45, 7) is 5.82. The average Bonchev–Trinajstić information content (AvgIpc) is 2.79. The van der Waals surface area contributed by atoms with Crippen LogP contribution in [0.2, 0.25) is 0 Å². The zero-order valence-corrected chi connectivity index (χ0v) is 19.2. The van der Waals surface area contributed by atoms with Crippen molar-refractivity contribution in [3.05, 3.63) is 35.9 Å². The molecule has 0 aromatic heterocycles. The maximum absolute atomic E-state index is 5.58. The summed E-state index contributed by atoms with van der Waals surface area (Å²) in [5.41, 5.74) is 1.84. The van der Waals surface area contributed by atoms with Crippen LogP contribution in [0.1, 0.15) is 19.4 Å². The lowest BCUT2D eigenvalue weighted by molar-refractivity contribution is 0.311. The first-order chi connectivity index (χ1) is 15.1. The Morgan fingerprint density at radius 2 is 1.55 bits per heavy atom. The first kappa shape index (κ1) is 24.0. The Morgan fingerprint density at radius 1 is 0.839 bits per heavy atom. The number of aliphatic imine (C=N–C) groups is 1. The second-order valence-electron chi connectivity index (χ2n) is 6.43. The third-order valence-corrected chi connectivity index (χ3v) is 4.51. The lowest BCUT2D eigenvalue weighted by Crippen LogP contribution is -2.30. The lowest BCUT2D eigenvalue weighted by atomic mass is 10.1. The Morgan fingerprint density at radius 3 is 2.16 bits per heavy atom. The molecule has 0 saturated carbocycles. The van der Waals surface area contributed by atoms with Crippen LogP contribution in [-0.2, 0) is 6.42 Å². The minimum atomic E-state index is 0.551. The highest BCUT2D eigenvalue weighted by Crippen LogP contribution is 2.39. The molecule has 2 aromatic rings. The molecule has 0 heterocycles. The van der Waals surface area contributed by atoms with E-state index in [0.29, 0.717) is 54.3 Å². The molecule has 0 bridgehead atoms. The SMILES string of the molecule is CCNC(=NCCc1ccc(OC)c(OC)c1OC)Nc1ccc(OCC)c(OC)c1. The first-order valence-corrected chi connectivity index (χ1v) is 10.3. The molecule has 8 heteroatoms. The van der Waals surface area contributed by atoms with Gasteiger partial charge in [-0.05, 0) is 38.5 Å². The molecular weight excluding hydrogens is 398 g/mol. The van der Waals surface area contributed by atoms with Crippen molar-refractivity contribution in [1.29, 1.82) is 0 Å². The third-order valence-electron chi connectivity index (χ3n) is 4.51. The number of guanidine groups is 1. The number of hydrogen-bond acceptors (Lipinski definition) is 6. The van der Waals surface area contributed by atoms with E-state index < -0.39 is 0 Å². The number of rotatable bonds is 11. The van der Waals surface area contributed by atoms with Gasteiger partial charge in [0.2, 0.25) is 5.75 Å². The van der Waals surface area contributed by atoms with Gasteiger partial charge in [-0.15, -0.1) is 0 Å². The highest BCUT2D eigenvalue weighted by atomic mass is 16.5. The van der Waals surface area contributed by atoms with Gasteiger partial charge >= 0.3 is 0 Å². The van der Waals surface area contributed by atoms with Crippen LogP contribution in [0.5, 0.6) is 28.7 Å². The van der Waals surface area contributed by atoms with E-state index in [-0.39, 0.29) is 0 Å². The summed E-state index contributed by atoms with van der Waals surface area (Å²) in [4.78, 5) is 4.69. The van der Waals surface area contributed by atoms with Gasteiger partial charge in [0.1, 0.15) is 0 Å². The molecule has 0 fully saturated rings. The van der Waals surface area contributed by atoms with E-state index in [0.717, 1.165) is 17.8 Å². The highest BCUT2D eigenvalue weighted by Gasteiger charge is 2.15. The Bertz CT molecular complexity index is 871. The van der Waals surface area contributed by atoms with Crippen LogP contribution >= 0.6 is 0 Å². The Kier molecular flexibility index (Phi) is 9.61. The van der Waals surface area contributed by atoms with Gasteiger partial charge in [-0.3, -0.25) is 4.99 Å². The van der Waals surface area contributed by atoms with Crippen molar-refractivity contribution in [3.8, 4) is 28.7 Å². The first-order valence-electron chi connectivity index (χ1n) is 10.3. The molecule has 2 aromatic carbocycles. The molecule has 0 aliphatic carbocycles. The maximum Gasteiger partial charge on any atom is 0.203 e. The van der Waals surface area contributed by atoms with Gasteiger partial charge in [-0.1, -0.05) is 6.07 Å². The standard InChI is InChI=1S/C23H33N3O5/c1-7-24-23(26-17-10-12-18(31-8-2)20(15-17)28-4)25-14-13-16-9-11-19(27-3)22(30-6)21(16)29-5/h9-12,15H,7-8,13-14H2,1-6H3,(H2,24,25,26). The van der Waals surface area contributed by atoms with Crippen molar-refractivity contribution >= 4 is 11.6 Å². The van der Waals surface area contributed by atoms with Crippen LogP contribution in [0.15, 0.2) is 35.3 Å². The van der Waals surface area contributed by atoms with Gasteiger partial charge in [0.05, 0.1) is 35.0 Å². The quantitative estimate of drug-likeness (QED) is 0.414. The maximum atomic E-state index is 5.58. The third kappa shape index (κ3) is 6.34. The molecule has 0 saturated heterocycles. The summed E-state index contributed by atoms with van der Waals surface area (Å²) in [6, 6.07) is 9.53. The van der Waals surface area contributed by atoms with Gasteiger partial charge in [0.15, 0.2) is 29.0 Å². The van der Waals surface area contributed by atoms with E-state index in [2.05, 4.69) is 15.6 Å². The lowest BCUT2D eigenvalue weighted by Gasteiger charge is -2.16. The number of benzene rings is 2. The zero-order chi connectivity index (χ0) is 22.6. The van der Waals surface area contributed by atoms with Gasteiger partial charge in [-0.2, -0.15) is 0 Å². The molecule has 0 atom stereocenters. The Balaban J connectivity index is 2.15. The smallest absolute Gasteiger partial charge is 0.203 e. The van der Waals surface area contributed by atoms with E-state index in [1.807, 2.05) is 44.2 Å². The molecule has 31 heavy (non-hydrogen) atoms. The summed E-state index contributed by atoms with van der Waals surface area (Å²) in [6.07, 6.45) is 0.673. The van der Waals surface area contributed by atoms with Crippen LogP contribution in [0.25, 0.3) is 0 Å². The fourth-order valence-electron chi connectivity index (χ4n) is 3.11. The monoisotopic (exact) mass is 431 g/mol. The number of hydrogen-bond donors (Lipinski definition) is 2. The fourth-order valence-corrected chi connectivity index (χ4v) is 3.11. The van der Waals surface area contributed by atoms with E-state index in [1.54, 1.807) is 28.4 Å². The molecule has 170 valence electrons. The van der Waals surface area contributed by atoms with E-state index in [4.69, 9.17) is 23.7 Å². The second kappa shape index (κ2) is 12.4. The molecule has 8 nitrogen and oxygen atoms in total. The normalized spacial score (nSPS) is 11.0. The second-order valence-corrected chi connectivity index (χ2v) is 6.43. The zero-order valence-electron chi connectivity index (χ0n) is 19.2. The van der Waals surface area contributed by atoms with Crippen LogP contribution in [0.4, 0.5) is 5.69 Å².